The highest BCUT2D eigenvalue weighted by molar-refractivity contribution is 7.89. The van der Waals surface area contributed by atoms with E-state index >= 15 is 0 Å². The van der Waals surface area contributed by atoms with E-state index in [1.54, 1.807) is 19.1 Å². The van der Waals surface area contributed by atoms with Crippen LogP contribution >= 0.6 is 0 Å². The molecule has 0 saturated carbocycles. The molecule has 7 heteroatoms. The highest BCUT2D eigenvalue weighted by Gasteiger charge is 2.26. The number of rotatable bonds is 2. The second-order valence-electron chi connectivity index (χ2n) is 5.93. The van der Waals surface area contributed by atoms with Gasteiger partial charge in [0.15, 0.2) is 0 Å². The van der Waals surface area contributed by atoms with Crippen molar-refractivity contribution in [3.63, 3.8) is 0 Å². The van der Waals surface area contributed by atoms with Crippen LogP contribution in [0.3, 0.4) is 0 Å². The van der Waals surface area contributed by atoms with Gasteiger partial charge in [0.25, 0.3) is 5.91 Å². The molecule has 0 radical (unpaired) electrons. The van der Waals surface area contributed by atoms with Gasteiger partial charge in [-0.2, -0.15) is 0 Å². The molecule has 3 rings (SSSR count). The van der Waals surface area contributed by atoms with Gasteiger partial charge in [-0.25, -0.2) is 17.9 Å². The molecule has 1 amide bonds. The summed E-state index contributed by atoms with van der Waals surface area (Å²) in [5.74, 6) is -0.776. The van der Waals surface area contributed by atoms with Crippen LogP contribution < -0.4 is 5.14 Å². The highest BCUT2D eigenvalue weighted by atomic mass is 32.2. The number of carbonyl (C=O) groups is 1. The van der Waals surface area contributed by atoms with E-state index in [-0.39, 0.29) is 22.8 Å². The van der Waals surface area contributed by atoms with Gasteiger partial charge in [-0.3, -0.25) is 4.79 Å². The molecule has 0 atom stereocenters. The van der Waals surface area contributed by atoms with Crippen molar-refractivity contribution in [3.05, 3.63) is 64.5 Å². The zero-order valence-corrected chi connectivity index (χ0v) is 13.9. The van der Waals surface area contributed by atoms with Crippen molar-refractivity contribution in [2.75, 3.05) is 6.54 Å². The van der Waals surface area contributed by atoms with Crippen LogP contribution in [0.25, 0.3) is 0 Å². The van der Waals surface area contributed by atoms with Gasteiger partial charge in [0.05, 0.1) is 10.5 Å². The number of nitrogens with two attached hydrogens (primary N) is 1. The van der Waals surface area contributed by atoms with E-state index in [9.17, 15) is 17.6 Å². The van der Waals surface area contributed by atoms with E-state index in [0.29, 0.717) is 13.0 Å². The average molecular weight is 348 g/mol. The first kappa shape index (κ1) is 16.6. The lowest BCUT2D eigenvalue weighted by molar-refractivity contribution is 0.0730. The van der Waals surface area contributed by atoms with Gasteiger partial charge in [-0.1, -0.05) is 17.7 Å². The number of nitrogens with zero attached hydrogens (tertiary/aromatic N) is 1. The Balaban J connectivity index is 1.98. The summed E-state index contributed by atoms with van der Waals surface area (Å²) in [6, 6.07) is 8.98. The number of primary sulfonamides is 1. The third kappa shape index (κ3) is 3.18. The van der Waals surface area contributed by atoms with Crippen molar-refractivity contribution >= 4 is 15.9 Å². The molecule has 2 aromatic carbocycles. The minimum absolute atomic E-state index is 0.0531. The molecule has 5 nitrogen and oxygen atoms in total. The molecule has 24 heavy (non-hydrogen) atoms. The molecule has 1 heterocycles. The Labute approximate surface area is 139 Å². The molecule has 0 unspecified atom stereocenters. The predicted octanol–water partition coefficient (Wildman–Crippen LogP) is 1.98. The number of hydrogen-bond donors (Lipinski definition) is 1. The monoisotopic (exact) mass is 348 g/mol. The molecule has 0 bridgehead atoms. The van der Waals surface area contributed by atoms with E-state index in [0.717, 1.165) is 16.7 Å². The minimum atomic E-state index is -4.01. The molecule has 0 fully saturated rings. The Morgan fingerprint density at radius 3 is 2.62 bits per heavy atom. The summed E-state index contributed by atoms with van der Waals surface area (Å²) >= 11 is 0. The van der Waals surface area contributed by atoms with Gasteiger partial charge in [-0.05, 0) is 48.7 Å². The Kier molecular flexibility index (Phi) is 4.15. The van der Waals surface area contributed by atoms with Gasteiger partial charge in [0, 0.05) is 13.1 Å². The van der Waals surface area contributed by atoms with Gasteiger partial charge in [0.2, 0.25) is 10.0 Å². The van der Waals surface area contributed by atoms with E-state index in [4.69, 9.17) is 5.14 Å². The molecule has 0 saturated heterocycles. The molecule has 2 N–H and O–H groups in total. The van der Waals surface area contributed by atoms with E-state index in [1.165, 1.54) is 29.2 Å². The first-order valence-corrected chi connectivity index (χ1v) is 9.00. The number of benzene rings is 2. The maximum atomic E-state index is 13.4. The lowest BCUT2D eigenvalue weighted by Gasteiger charge is -2.29. The topological polar surface area (TPSA) is 80.5 Å². The quantitative estimate of drug-likeness (QED) is 0.901. The van der Waals surface area contributed by atoms with Crippen LogP contribution in [-0.2, 0) is 23.0 Å². The Bertz CT molecular complexity index is 925. The zero-order valence-electron chi connectivity index (χ0n) is 13.1. The first-order valence-electron chi connectivity index (χ1n) is 7.46. The fourth-order valence-corrected chi connectivity index (χ4v) is 3.64. The highest BCUT2D eigenvalue weighted by Crippen LogP contribution is 2.24. The molecular formula is C17H17FN2O3S. The SMILES string of the molecule is Cc1ccc(S(N)(=O)=O)c(C(=O)N2CCc3ccc(F)cc3C2)c1. The summed E-state index contributed by atoms with van der Waals surface area (Å²) in [5, 5.41) is 5.22. The molecule has 1 aliphatic heterocycles. The number of carbonyl (C=O) groups excluding carboxylic acids is 1. The molecule has 0 spiro atoms. The van der Waals surface area contributed by atoms with Crippen molar-refractivity contribution in [1.82, 2.24) is 4.90 Å². The molecular weight excluding hydrogens is 331 g/mol. The van der Waals surface area contributed by atoms with Crippen molar-refractivity contribution in [3.8, 4) is 0 Å². The van der Waals surface area contributed by atoms with Gasteiger partial charge < -0.3 is 4.90 Å². The summed E-state index contributed by atoms with van der Waals surface area (Å²) in [6.45, 7) is 2.45. The normalized spacial score (nSPS) is 14.4. The fraction of sp³-hybridized carbons (Fsp3) is 0.235. The standard InChI is InChI=1S/C17H17FN2O3S/c1-11-2-5-16(24(19,22)23)15(8-11)17(21)20-7-6-12-3-4-14(18)9-13(12)10-20/h2-5,8-9H,6-7,10H2,1H3,(H2,19,22,23). The number of halogens is 1. The van der Waals surface area contributed by atoms with Crippen LogP contribution in [0.1, 0.15) is 27.0 Å². The fourth-order valence-electron chi connectivity index (χ4n) is 2.93. The third-order valence-electron chi connectivity index (χ3n) is 4.14. The second kappa shape index (κ2) is 5.99. The van der Waals surface area contributed by atoms with Gasteiger partial charge in [0.1, 0.15) is 5.82 Å². The van der Waals surface area contributed by atoms with Crippen LogP contribution in [0.2, 0.25) is 0 Å². The van der Waals surface area contributed by atoms with Crippen molar-refractivity contribution in [1.29, 1.82) is 0 Å². The number of fused-ring (bicyclic) bond motifs is 1. The van der Waals surface area contributed by atoms with E-state index in [1.807, 2.05) is 0 Å². The van der Waals surface area contributed by atoms with Gasteiger partial charge in [-0.15, -0.1) is 0 Å². The largest absolute Gasteiger partial charge is 0.334 e. The first-order chi connectivity index (χ1) is 11.3. The van der Waals surface area contributed by atoms with Crippen LogP contribution in [0.5, 0.6) is 0 Å². The Morgan fingerprint density at radius 1 is 1.17 bits per heavy atom. The number of sulfonamides is 1. The van der Waals surface area contributed by atoms with Crippen LogP contribution in [-0.4, -0.2) is 25.8 Å². The molecule has 126 valence electrons. The number of hydrogen-bond acceptors (Lipinski definition) is 3. The molecule has 1 aliphatic rings. The number of aryl methyl sites for hydroxylation is 1. The summed E-state index contributed by atoms with van der Waals surface area (Å²) in [7, 11) is -4.01. The van der Waals surface area contributed by atoms with E-state index < -0.39 is 15.9 Å². The summed E-state index contributed by atoms with van der Waals surface area (Å²) in [5.41, 5.74) is 2.54. The lowest BCUT2D eigenvalue weighted by atomic mass is 9.99. The van der Waals surface area contributed by atoms with E-state index in [2.05, 4.69) is 0 Å². The zero-order chi connectivity index (χ0) is 17.5. The smallest absolute Gasteiger partial charge is 0.255 e. The lowest BCUT2D eigenvalue weighted by Crippen LogP contribution is -2.37. The predicted molar refractivity (Wildman–Crippen MR) is 87.4 cm³/mol. The Morgan fingerprint density at radius 2 is 1.92 bits per heavy atom. The van der Waals surface area contributed by atoms with Crippen molar-refractivity contribution in [2.45, 2.75) is 24.8 Å². The third-order valence-corrected chi connectivity index (χ3v) is 5.11. The molecule has 0 aliphatic carbocycles. The molecule has 2 aromatic rings. The summed E-state index contributed by atoms with van der Waals surface area (Å²) < 4.78 is 36.9. The summed E-state index contributed by atoms with van der Waals surface area (Å²) in [6.07, 6.45) is 0.595. The maximum absolute atomic E-state index is 13.4. The second-order valence-corrected chi connectivity index (χ2v) is 7.46. The maximum Gasteiger partial charge on any atom is 0.255 e. The van der Waals surface area contributed by atoms with Gasteiger partial charge >= 0.3 is 0 Å². The average Bonchev–Trinajstić information content (AvgIpc) is 2.52. The van der Waals surface area contributed by atoms with Crippen LogP contribution in [0.15, 0.2) is 41.3 Å². The van der Waals surface area contributed by atoms with Crippen LogP contribution in [0.4, 0.5) is 4.39 Å². The Hall–Kier alpha value is -2.25. The van der Waals surface area contributed by atoms with Crippen molar-refractivity contribution in [2.24, 2.45) is 5.14 Å². The van der Waals surface area contributed by atoms with Crippen LogP contribution in [0, 0.1) is 12.7 Å². The minimum Gasteiger partial charge on any atom is -0.334 e. The molecule has 0 aromatic heterocycles. The summed E-state index contributed by atoms with van der Waals surface area (Å²) in [4.78, 5) is 14.2. The van der Waals surface area contributed by atoms with Crippen molar-refractivity contribution < 1.29 is 17.6 Å². The number of amides is 1.